The number of rotatable bonds is 6. The highest BCUT2D eigenvalue weighted by Crippen LogP contribution is 2.28. The molecule has 27 heavy (non-hydrogen) atoms. The highest BCUT2D eigenvalue weighted by Gasteiger charge is 2.15. The number of hydrogen-bond acceptors (Lipinski definition) is 4. The molecule has 0 bridgehead atoms. The van der Waals surface area contributed by atoms with E-state index in [9.17, 15) is 4.79 Å². The van der Waals surface area contributed by atoms with Crippen molar-refractivity contribution in [2.45, 2.75) is 31.8 Å². The number of nitrogens with zero attached hydrogens (tertiary/aromatic N) is 3. The number of carbonyl (C=O) groups is 1. The molecule has 0 saturated carbocycles. The first-order valence-electron chi connectivity index (χ1n) is 8.94. The van der Waals surface area contributed by atoms with Crippen molar-refractivity contribution < 1.29 is 4.79 Å². The van der Waals surface area contributed by atoms with Gasteiger partial charge in [-0.15, -0.1) is 10.2 Å². The lowest BCUT2D eigenvalue weighted by Crippen LogP contribution is -2.17. The van der Waals surface area contributed by atoms with Gasteiger partial charge >= 0.3 is 0 Å². The van der Waals surface area contributed by atoms with E-state index in [-0.39, 0.29) is 11.7 Å². The van der Waals surface area contributed by atoms with Crippen LogP contribution in [0.2, 0.25) is 0 Å². The zero-order valence-corrected chi connectivity index (χ0v) is 16.9. The van der Waals surface area contributed by atoms with Crippen LogP contribution in [0.5, 0.6) is 0 Å². The Kier molecular flexibility index (Phi) is 5.96. The van der Waals surface area contributed by atoms with Crippen LogP contribution < -0.4 is 5.32 Å². The Bertz CT molecular complexity index is 935. The maximum atomic E-state index is 12.5. The molecule has 5 nitrogen and oxygen atoms in total. The molecule has 1 heterocycles. The second-order valence-corrected chi connectivity index (χ2v) is 7.70. The number of thioether (sulfide) groups is 1. The molecular weight excluding hydrogens is 356 g/mol. The lowest BCUT2D eigenvalue weighted by molar-refractivity contribution is -0.113. The molecule has 0 spiro atoms. The van der Waals surface area contributed by atoms with Gasteiger partial charge in [0.2, 0.25) is 5.91 Å². The van der Waals surface area contributed by atoms with Crippen LogP contribution in [-0.2, 0) is 11.8 Å². The third-order valence-electron chi connectivity index (χ3n) is 4.39. The monoisotopic (exact) mass is 380 g/mol. The first kappa shape index (κ1) is 19.2. The molecule has 3 aromatic rings. The minimum absolute atomic E-state index is 0.0412. The van der Waals surface area contributed by atoms with Crippen molar-refractivity contribution in [1.82, 2.24) is 14.8 Å². The summed E-state index contributed by atoms with van der Waals surface area (Å²) in [4.78, 5) is 12.5. The highest BCUT2D eigenvalue weighted by atomic mass is 32.2. The van der Waals surface area contributed by atoms with E-state index in [1.165, 1.54) is 11.8 Å². The Morgan fingerprint density at radius 3 is 2.56 bits per heavy atom. The van der Waals surface area contributed by atoms with Crippen molar-refractivity contribution in [3.8, 4) is 11.4 Å². The molecule has 0 fully saturated rings. The van der Waals surface area contributed by atoms with Crippen LogP contribution in [-0.4, -0.2) is 26.4 Å². The number of aromatic nitrogens is 3. The van der Waals surface area contributed by atoms with Crippen LogP contribution >= 0.6 is 11.8 Å². The van der Waals surface area contributed by atoms with Crippen molar-refractivity contribution in [1.29, 1.82) is 0 Å². The van der Waals surface area contributed by atoms with Crippen molar-refractivity contribution in [3.63, 3.8) is 0 Å². The van der Waals surface area contributed by atoms with E-state index < -0.39 is 0 Å². The van der Waals surface area contributed by atoms with Crippen molar-refractivity contribution in [2.75, 3.05) is 11.1 Å². The van der Waals surface area contributed by atoms with Crippen molar-refractivity contribution >= 4 is 23.4 Å². The minimum Gasteiger partial charge on any atom is -0.325 e. The molecular formula is C21H24N4OS. The third kappa shape index (κ3) is 4.39. The number of hydrogen-bond donors (Lipinski definition) is 1. The van der Waals surface area contributed by atoms with Gasteiger partial charge in [-0.3, -0.25) is 4.79 Å². The highest BCUT2D eigenvalue weighted by molar-refractivity contribution is 7.99. The van der Waals surface area contributed by atoms with Crippen LogP contribution in [0.4, 0.5) is 5.69 Å². The lowest BCUT2D eigenvalue weighted by atomic mass is 9.98. The van der Waals surface area contributed by atoms with Gasteiger partial charge in [-0.05, 0) is 24.0 Å². The van der Waals surface area contributed by atoms with E-state index in [0.717, 1.165) is 33.4 Å². The van der Waals surface area contributed by atoms with Crippen LogP contribution in [0, 0.1) is 6.92 Å². The number of benzene rings is 2. The fourth-order valence-corrected chi connectivity index (χ4v) is 3.64. The van der Waals surface area contributed by atoms with Crippen molar-refractivity contribution in [3.05, 3.63) is 59.7 Å². The molecule has 0 aliphatic carbocycles. The molecule has 0 aliphatic rings. The smallest absolute Gasteiger partial charge is 0.234 e. The van der Waals surface area contributed by atoms with Gasteiger partial charge in [-0.1, -0.05) is 74.1 Å². The van der Waals surface area contributed by atoms with Gasteiger partial charge in [0, 0.05) is 18.3 Å². The van der Waals surface area contributed by atoms with Gasteiger partial charge in [0.15, 0.2) is 11.0 Å². The van der Waals surface area contributed by atoms with Gasteiger partial charge in [0.05, 0.1) is 5.75 Å². The molecule has 2 aromatic carbocycles. The van der Waals surface area contributed by atoms with Crippen LogP contribution in [0.15, 0.2) is 53.7 Å². The van der Waals surface area contributed by atoms with Gasteiger partial charge in [0.1, 0.15) is 0 Å². The van der Waals surface area contributed by atoms with Crippen LogP contribution in [0.3, 0.4) is 0 Å². The van der Waals surface area contributed by atoms with E-state index in [1.54, 1.807) is 0 Å². The third-order valence-corrected chi connectivity index (χ3v) is 5.41. The molecule has 3 rings (SSSR count). The zero-order valence-electron chi connectivity index (χ0n) is 16.1. The second kappa shape index (κ2) is 8.39. The number of amides is 1. The second-order valence-electron chi connectivity index (χ2n) is 6.76. The zero-order chi connectivity index (χ0) is 19.4. The normalized spacial score (nSPS) is 11.0. The summed E-state index contributed by atoms with van der Waals surface area (Å²) in [5.41, 5.74) is 4.15. The Hall–Kier alpha value is -2.60. The summed E-state index contributed by atoms with van der Waals surface area (Å²) < 4.78 is 1.92. The average molecular weight is 381 g/mol. The van der Waals surface area contributed by atoms with Crippen LogP contribution in [0.1, 0.15) is 30.9 Å². The van der Waals surface area contributed by atoms with E-state index in [2.05, 4.69) is 35.4 Å². The average Bonchev–Trinajstić information content (AvgIpc) is 3.02. The molecule has 0 radical (unpaired) electrons. The summed E-state index contributed by atoms with van der Waals surface area (Å²) in [6.07, 6.45) is 0. The quantitative estimate of drug-likeness (QED) is 0.633. The number of anilines is 1. The van der Waals surface area contributed by atoms with Crippen molar-refractivity contribution in [2.24, 2.45) is 7.05 Å². The minimum atomic E-state index is -0.0412. The van der Waals surface area contributed by atoms with E-state index in [4.69, 9.17) is 0 Å². The van der Waals surface area contributed by atoms with Crippen LogP contribution in [0.25, 0.3) is 11.4 Å². The lowest BCUT2D eigenvalue weighted by Gasteiger charge is -2.16. The maximum absolute atomic E-state index is 12.5. The first-order chi connectivity index (χ1) is 13.0. The fraction of sp³-hybridized carbons (Fsp3) is 0.286. The Morgan fingerprint density at radius 2 is 1.85 bits per heavy atom. The Balaban J connectivity index is 1.68. The molecule has 140 valence electrons. The van der Waals surface area contributed by atoms with Gasteiger partial charge in [-0.25, -0.2) is 0 Å². The molecule has 1 N–H and O–H groups in total. The standard InChI is InChI=1S/C21H24N4OS/c1-14(2)17-12-8-9-15(3)19(17)22-18(26)13-27-21-24-23-20(25(21)4)16-10-6-5-7-11-16/h5-12,14H,13H2,1-4H3,(H,22,26). The summed E-state index contributed by atoms with van der Waals surface area (Å²) in [6, 6.07) is 16.0. The summed E-state index contributed by atoms with van der Waals surface area (Å²) in [7, 11) is 1.92. The van der Waals surface area contributed by atoms with E-state index >= 15 is 0 Å². The Morgan fingerprint density at radius 1 is 1.11 bits per heavy atom. The molecule has 0 atom stereocenters. The predicted octanol–water partition coefficient (Wildman–Crippen LogP) is 4.64. The Labute approximate surface area is 164 Å². The summed E-state index contributed by atoms with van der Waals surface area (Å²) in [5, 5.41) is 12.3. The molecule has 0 unspecified atom stereocenters. The first-order valence-corrected chi connectivity index (χ1v) is 9.93. The van der Waals surface area contributed by atoms with Gasteiger partial charge in [-0.2, -0.15) is 0 Å². The summed E-state index contributed by atoms with van der Waals surface area (Å²) in [6.45, 7) is 6.27. The summed E-state index contributed by atoms with van der Waals surface area (Å²) in [5.74, 6) is 1.38. The SMILES string of the molecule is Cc1cccc(C(C)C)c1NC(=O)CSc1nnc(-c2ccccc2)n1C. The van der Waals surface area contributed by atoms with Gasteiger partial charge < -0.3 is 9.88 Å². The molecule has 1 amide bonds. The molecule has 1 aromatic heterocycles. The number of carbonyl (C=O) groups excluding carboxylic acids is 1. The summed E-state index contributed by atoms with van der Waals surface area (Å²) >= 11 is 1.39. The topological polar surface area (TPSA) is 59.8 Å². The largest absolute Gasteiger partial charge is 0.325 e. The molecule has 6 heteroatoms. The number of nitrogens with one attached hydrogen (secondary N) is 1. The van der Waals surface area contributed by atoms with E-state index in [1.807, 2.05) is 61.0 Å². The fourth-order valence-electron chi connectivity index (χ4n) is 2.93. The van der Waals surface area contributed by atoms with E-state index in [0.29, 0.717) is 5.92 Å². The number of para-hydroxylation sites is 1. The number of aryl methyl sites for hydroxylation is 1. The predicted molar refractivity (Wildman–Crippen MR) is 111 cm³/mol. The molecule has 0 aliphatic heterocycles. The van der Waals surface area contributed by atoms with Gasteiger partial charge in [0.25, 0.3) is 0 Å². The molecule has 0 saturated heterocycles. The maximum Gasteiger partial charge on any atom is 0.234 e.